The summed E-state index contributed by atoms with van der Waals surface area (Å²) >= 11 is 0. The van der Waals surface area contributed by atoms with Crippen LogP contribution in [0.3, 0.4) is 0 Å². The second kappa shape index (κ2) is 7.90. The molecule has 25 heavy (non-hydrogen) atoms. The van der Waals surface area contributed by atoms with Gasteiger partial charge in [0.1, 0.15) is 11.4 Å². The second-order valence-electron chi connectivity index (χ2n) is 6.02. The molecule has 0 unspecified atom stereocenters. The fourth-order valence-electron chi connectivity index (χ4n) is 2.34. The summed E-state index contributed by atoms with van der Waals surface area (Å²) in [7, 11) is 0. The number of aliphatic hydroxyl groups is 1. The number of halogens is 1. The molecule has 0 spiro atoms. The maximum absolute atomic E-state index is 12.8. The molecule has 0 aromatic heterocycles. The Morgan fingerprint density at radius 2 is 1.72 bits per heavy atom. The Morgan fingerprint density at radius 1 is 1.12 bits per heavy atom. The van der Waals surface area contributed by atoms with Crippen LogP contribution in [0, 0.1) is 5.82 Å². The average Bonchev–Trinajstić information content (AvgIpc) is 2.61. The molecule has 0 fully saturated rings. The van der Waals surface area contributed by atoms with Crippen molar-refractivity contribution >= 4 is 17.5 Å². The van der Waals surface area contributed by atoms with E-state index >= 15 is 0 Å². The van der Waals surface area contributed by atoms with Gasteiger partial charge in [0.2, 0.25) is 5.91 Å². The highest BCUT2D eigenvalue weighted by molar-refractivity contribution is 5.96. The molecule has 6 heteroatoms. The summed E-state index contributed by atoms with van der Waals surface area (Å²) in [4.78, 5) is 24.2. The third-order valence-corrected chi connectivity index (χ3v) is 4.14. The average molecular weight is 344 g/mol. The van der Waals surface area contributed by atoms with E-state index in [1.54, 1.807) is 6.92 Å². The molecule has 0 heterocycles. The van der Waals surface area contributed by atoms with Crippen LogP contribution in [-0.2, 0) is 9.59 Å². The molecule has 0 saturated heterocycles. The lowest BCUT2D eigenvalue weighted by Crippen LogP contribution is -2.49. The first-order chi connectivity index (χ1) is 11.8. The zero-order valence-corrected chi connectivity index (χ0v) is 14.1. The summed E-state index contributed by atoms with van der Waals surface area (Å²) in [6.45, 7) is 2.86. The summed E-state index contributed by atoms with van der Waals surface area (Å²) in [5.74, 6) is -1.97. The van der Waals surface area contributed by atoms with Crippen molar-refractivity contribution in [3.63, 3.8) is 0 Å². The first kappa shape index (κ1) is 18.6. The van der Waals surface area contributed by atoms with E-state index in [-0.39, 0.29) is 6.54 Å². The summed E-state index contributed by atoms with van der Waals surface area (Å²) in [5.41, 5.74) is -0.430. The van der Waals surface area contributed by atoms with Gasteiger partial charge in [0.15, 0.2) is 0 Å². The van der Waals surface area contributed by atoms with Crippen molar-refractivity contribution in [2.24, 2.45) is 0 Å². The standard InChI is InChI=1S/C19H21FN2O3/c1-13(14-6-4-3-5-7-14)19(2,25)18(24)21-12-17(23)22-16-10-8-15(20)9-11-16/h3-11,13,25H,12H2,1-2H3,(H,21,24)(H,22,23)/t13-,19-/m0/s1. The third kappa shape index (κ3) is 4.87. The van der Waals surface area contributed by atoms with E-state index in [0.29, 0.717) is 5.69 Å². The Kier molecular flexibility index (Phi) is 5.88. The summed E-state index contributed by atoms with van der Waals surface area (Å²) in [5, 5.41) is 15.5. The SMILES string of the molecule is C[C@@H](c1ccccc1)[C@](C)(O)C(=O)NCC(=O)Nc1ccc(F)cc1. The van der Waals surface area contributed by atoms with Crippen LogP contribution in [-0.4, -0.2) is 29.1 Å². The number of amides is 2. The summed E-state index contributed by atoms with van der Waals surface area (Å²) in [6, 6.07) is 14.4. The van der Waals surface area contributed by atoms with E-state index in [2.05, 4.69) is 10.6 Å². The quantitative estimate of drug-likeness (QED) is 0.753. The predicted molar refractivity (Wildman–Crippen MR) is 93.5 cm³/mol. The van der Waals surface area contributed by atoms with Crippen LogP contribution >= 0.6 is 0 Å². The molecular formula is C19H21FN2O3. The van der Waals surface area contributed by atoms with Crippen molar-refractivity contribution < 1.29 is 19.1 Å². The maximum atomic E-state index is 12.8. The van der Waals surface area contributed by atoms with Crippen molar-refractivity contribution in [2.75, 3.05) is 11.9 Å². The van der Waals surface area contributed by atoms with Gasteiger partial charge < -0.3 is 15.7 Å². The van der Waals surface area contributed by atoms with Crippen molar-refractivity contribution in [1.29, 1.82) is 0 Å². The van der Waals surface area contributed by atoms with Crippen LogP contribution in [0.5, 0.6) is 0 Å². The first-order valence-electron chi connectivity index (χ1n) is 7.91. The third-order valence-electron chi connectivity index (χ3n) is 4.14. The Hall–Kier alpha value is -2.73. The largest absolute Gasteiger partial charge is 0.380 e. The minimum Gasteiger partial charge on any atom is -0.380 e. The number of nitrogens with one attached hydrogen (secondary N) is 2. The van der Waals surface area contributed by atoms with Gasteiger partial charge in [0.25, 0.3) is 5.91 Å². The van der Waals surface area contributed by atoms with E-state index in [0.717, 1.165) is 5.56 Å². The normalized spacial score (nSPS) is 14.2. The van der Waals surface area contributed by atoms with Gasteiger partial charge in [-0.15, -0.1) is 0 Å². The molecule has 132 valence electrons. The smallest absolute Gasteiger partial charge is 0.252 e. The Morgan fingerprint density at radius 3 is 2.32 bits per heavy atom. The molecule has 0 saturated carbocycles. The van der Waals surface area contributed by atoms with Gasteiger partial charge in [0.05, 0.1) is 6.54 Å². The zero-order chi connectivity index (χ0) is 18.4. The van der Waals surface area contributed by atoms with E-state index in [9.17, 15) is 19.1 Å². The van der Waals surface area contributed by atoms with Crippen LogP contribution in [0.15, 0.2) is 54.6 Å². The van der Waals surface area contributed by atoms with Crippen LogP contribution < -0.4 is 10.6 Å². The molecule has 5 nitrogen and oxygen atoms in total. The number of carbonyl (C=O) groups is 2. The van der Waals surface area contributed by atoms with E-state index < -0.39 is 29.2 Å². The molecule has 2 amide bonds. The Bertz CT molecular complexity index is 730. The summed E-state index contributed by atoms with van der Waals surface area (Å²) in [6.07, 6.45) is 0. The topological polar surface area (TPSA) is 78.4 Å². The van der Waals surface area contributed by atoms with Crippen LogP contribution in [0.2, 0.25) is 0 Å². The zero-order valence-electron chi connectivity index (χ0n) is 14.1. The molecule has 2 aromatic carbocycles. The fraction of sp³-hybridized carbons (Fsp3) is 0.263. The highest BCUT2D eigenvalue weighted by atomic mass is 19.1. The number of anilines is 1. The van der Waals surface area contributed by atoms with Gasteiger partial charge in [0, 0.05) is 11.6 Å². The number of hydrogen-bond acceptors (Lipinski definition) is 3. The first-order valence-corrected chi connectivity index (χ1v) is 7.91. The molecule has 0 aliphatic carbocycles. The maximum Gasteiger partial charge on any atom is 0.252 e. The van der Waals surface area contributed by atoms with E-state index in [1.807, 2.05) is 30.3 Å². The lowest BCUT2D eigenvalue weighted by molar-refractivity contribution is -0.140. The van der Waals surface area contributed by atoms with E-state index in [1.165, 1.54) is 31.2 Å². The number of rotatable bonds is 6. The van der Waals surface area contributed by atoms with Gasteiger partial charge >= 0.3 is 0 Å². The van der Waals surface area contributed by atoms with Crippen molar-refractivity contribution in [2.45, 2.75) is 25.4 Å². The molecule has 2 rings (SSSR count). The lowest BCUT2D eigenvalue weighted by Gasteiger charge is -2.29. The van der Waals surface area contributed by atoms with Crippen molar-refractivity contribution in [1.82, 2.24) is 5.32 Å². The van der Waals surface area contributed by atoms with E-state index in [4.69, 9.17) is 0 Å². The van der Waals surface area contributed by atoms with Crippen LogP contribution in [0.4, 0.5) is 10.1 Å². The molecule has 0 aliphatic heterocycles. The minimum absolute atomic E-state index is 0.298. The van der Waals surface area contributed by atoms with Crippen molar-refractivity contribution in [3.05, 3.63) is 66.0 Å². The predicted octanol–water partition coefficient (Wildman–Crippen LogP) is 2.44. The van der Waals surface area contributed by atoms with Crippen LogP contribution in [0.1, 0.15) is 25.3 Å². The molecule has 0 radical (unpaired) electrons. The number of benzene rings is 2. The minimum atomic E-state index is -1.67. The second-order valence-corrected chi connectivity index (χ2v) is 6.02. The van der Waals surface area contributed by atoms with Crippen molar-refractivity contribution in [3.8, 4) is 0 Å². The molecule has 2 atom stereocenters. The molecular weight excluding hydrogens is 323 g/mol. The Balaban J connectivity index is 1.91. The van der Waals surface area contributed by atoms with Gasteiger partial charge in [-0.3, -0.25) is 9.59 Å². The fourth-order valence-corrected chi connectivity index (χ4v) is 2.34. The van der Waals surface area contributed by atoms with Gasteiger partial charge in [-0.2, -0.15) is 0 Å². The highest BCUT2D eigenvalue weighted by Gasteiger charge is 2.37. The van der Waals surface area contributed by atoms with Gasteiger partial charge in [-0.25, -0.2) is 4.39 Å². The molecule has 2 aromatic rings. The highest BCUT2D eigenvalue weighted by Crippen LogP contribution is 2.27. The lowest BCUT2D eigenvalue weighted by atomic mass is 9.84. The molecule has 0 bridgehead atoms. The monoisotopic (exact) mass is 344 g/mol. The molecule has 0 aliphatic rings. The number of hydrogen-bond donors (Lipinski definition) is 3. The summed E-state index contributed by atoms with van der Waals surface area (Å²) < 4.78 is 12.8. The molecule has 3 N–H and O–H groups in total. The van der Waals surface area contributed by atoms with Gasteiger partial charge in [-0.1, -0.05) is 37.3 Å². The Labute approximate surface area is 145 Å². The number of carbonyl (C=O) groups excluding carboxylic acids is 2. The van der Waals surface area contributed by atoms with Crippen LogP contribution in [0.25, 0.3) is 0 Å². The van der Waals surface area contributed by atoms with Gasteiger partial charge in [-0.05, 0) is 36.8 Å².